The van der Waals surface area contributed by atoms with E-state index < -0.39 is 0 Å². The highest BCUT2D eigenvalue weighted by atomic mass is 16.5. The van der Waals surface area contributed by atoms with Crippen LogP contribution < -0.4 is 5.32 Å². The van der Waals surface area contributed by atoms with Gasteiger partial charge in [-0.1, -0.05) is 24.3 Å². The highest BCUT2D eigenvalue weighted by Crippen LogP contribution is 2.22. The maximum absolute atomic E-state index is 11.7. The minimum atomic E-state index is 0.0667. The summed E-state index contributed by atoms with van der Waals surface area (Å²) in [5.41, 5.74) is 3.84. The van der Waals surface area contributed by atoms with Gasteiger partial charge in [0, 0.05) is 36.6 Å². The molecule has 0 atom stereocenters. The van der Waals surface area contributed by atoms with Gasteiger partial charge in [0.15, 0.2) is 5.78 Å². The van der Waals surface area contributed by atoms with Crippen LogP contribution in [0.2, 0.25) is 0 Å². The summed E-state index contributed by atoms with van der Waals surface area (Å²) < 4.78 is 5.37. The molecule has 1 aliphatic rings. The minimum Gasteiger partial charge on any atom is -0.379 e. The van der Waals surface area contributed by atoms with Crippen LogP contribution >= 0.6 is 0 Å². The molecule has 1 N–H and O–H groups in total. The number of morpholine rings is 1. The maximum atomic E-state index is 11.7. The number of nitrogens with zero attached hydrogens (tertiary/aromatic N) is 1. The zero-order valence-electron chi connectivity index (χ0n) is 13.4. The molecule has 0 aliphatic carbocycles. The molecule has 120 valence electrons. The standard InChI is InChI=1S/C19H22N2O2/c1-15(22)18-4-2-3-5-19(18)20-17-8-6-16(7-9-17)14-21-10-12-23-13-11-21/h2-9,20H,10-14H2,1H3. The van der Waals surface area contributed by atoms with Crippen molar-refractivity contribution in [2.24, 2.45) is 0 Å². The number of benzene rings is 2. The highest BCUT2D eigenvalue weighted by molar-refractivity contribution is 6.00. The predicted molar refractivity (Wildman–Crippen MR) is 92.3 cm³/mol. The first-order chi connectivity index (χ1) is 11.2. The number of Topliss-reactive ketones (excluding diaryl/α,β-unsaturated/α-hetero) is 1. The first-order valence-electron chi connectivity index (χ1n) is 7.98. The second kappa shape index (κ2) is 7.40. The van der Waals surface area contributed by atoms with E-state index in [4.69, 9.17) is 4.74 Å². The molecule has 1 fully saturated rings. The van der Waals surface area contributed by atoms with E-state index in [1.54, 1.807) is 6.92 Å². The summed E-state index contributed by atoms with van der Waals surface area (Å²) in [6.07, 6.45) is 0. The molecule has 0 spiro atoms. The quantitative estimate of drug-likeness (QED) is 0.859. The molecule has 0 saturated carbocycles. The third-order valence-corrected chi connectivity index (χ3v) is 4.05. The van der Waals surface area contributed by atoms with Crippen molar-refractivity contribution in [3.05, 3.63) is 59.7 Å². The Morgan fingerprint density at radius 1 is 1.09 bits per heavy atom. The molecule has 2 aromatic rings. The van der Waals surface area contributed by atoms with E-state index in [2.05, 4.69) is 34.5 Å². The molecular weight excluding hydrogens is 288 g/mol. The molecule has 23 heavy (non-hydrogen) atoms. The summed E-state index contributed by atoms with van der Waals surface area (Å²) in [5, 5.41) is 3.33. The number of rotatable bonds is 5. The maximum Gasteiger partial charge on any atom is 0.161 e. The van der Waals surface area contributed by atoms with Crippen molar-refractivity contribution in [2.75, 3.05) is 31.6 Å². The predicted octanol–water partition coefficient (Wildman–Crippen LogP) is 3.47. The largest absolute Gasteiger partial charge is 0.379 e. The Morgan fingerprint density at radius 2 is 1.78 bits per heavy atom. The molecule has 3 rings (SSSR count). The van der Waals surface area contributed by atoms with E-state index in [-0.39, 0.29) is 5.78 Å². The summed E-state index contributed by atoms with van der Waals surface area (Å²) in [6.45, 7) is 6.17. The average molecular weight is 310 g/mol. The summed E-state index contributed by atoms with van der Waals surface area (Å²) >= 11 is 0. The van der Waals surface area contributed by atoms with Gasteiger partial charge in [-0.15, -0.1) is 0 Å². The summed E-state index contributed by atoms with van der Waals surface area (Å²) in [5.74, 6) is 0.0667. The topological polar surface area (TPSA) is 41.6 Å². The lowest BCUT2D eigenvalue weighted by Crippen LogP contribution is -2.35. The second-order valence-corrected chi connectivity index (χ2v) is 5.81. The Morgan fingerprint density at radius 3 is 2.48 bits per heavy atom. The number of anilines is 2. The van der Waals surface area contributed by atoms with Crippen LogP contribution in [0, 0.1) is 0 Å². The van der Waals surface area contributed by atoms with E-state index in [0.29, 0.717) is 5.56 Å². The van der Waals surface area contributed by atoms with Gasteiger partial charge in [0.2, 0.25) is 0 Å². The van der Waals surface area contributed by atoms with Gasteiger partial charge in [-0.3, -0.25) is 9.69 Å². The fourth-order valence-corrected chi connectivity index (χ4v) is 2.77. The van der Waals surface area contributed by atoms with Gasteiger partial charge in [0.05, 0.1) is 13.2 Å². The Balaban J connectivity index is 1.67. The lowest BCUT2D eigenvalue weighted by atomic mass is 10.1. The second-order valence-electron chi connectivity index (χ2n) is 5.81. The monoisotopic (exact) mass is 310 g/mol. The average Bonchev–Trinajstić information content (AvgIpc) is 2.58. The number of nitrogens with one attached hydrogen (secondary N) is 1. The van der Waals surface area contributed by atoms with E-state index >= 15 is 0 Å². The normalized spacial score (nSPS) is 15.3. The van der Waals surface area contributed by atoms with Crippen molar-refractivity contribution in [3.8, 4) is 0 Å². The van der Waals surface area contributed by atoms with Crippen LogP contribution in [0.4, 0.5) is 11.4 Å². The van der Waals surface area contributed by atoms with Gasteiger partial charge >= 0.3 is 0 Å². The molecule has 0 amide bonds. The van der Waals surface area contributed by atoms with Crippen LogP contribution in [0.1, 0.15) is 22.8 Å². The number of ketones is 1. The van der Waals surface area contributed by atoms with E-state index in [1.807, 2.05) is 24.3 Å². The Hall–Kier alpha value is -2.17. The number of ether oxygens (including phenoxy) is 1. The zero-order chi connectivity index (χ0) is 16.1. The molecule has 1 aliphatic heterocycles. The van der Waals surface area contributed by atoms with Gasteiger partial charge in [-0.2, -0.15) is 0 Å². The van der Waals surface area contributed by atoms with Crippen molar-refractivity contribution in [3.63, 3.8) is 0 Å². The number of hydrogen-bond acceptors (Lipinski definition) is 4. The number of carbonyl (C=O) groups is 1. The lowest BCUT2D eigenvalue weighted by Gasteiger charge is -2.26. The molecule has 4 nitrogen and oxygen atoms in total. The molecule has 0 unspecified atom stereocenters. The van der Waals surface area contributed by atoms with Gasteiger partial charge in [-0.25, -0.2) is 0 Å². The first-order valence-corrected chi connectivity index (χ1v) is 7.98. The van der Waals surface area contributed by atoms with Crippen molar-refractivity contribution in [1.82, 2.24) is 4.90 Å². The van der Waals surface area contributed by atoms with E-state index in [1.165, 1.54) is 5.56 Å². The van der Waals surface area contributed by atoms with Gasteiger partial charge in [0.1, 0.15) is 0 Å². The summed E-state index contributed by atoms with van der Waals surface area (Å²) in [4.78, 5) is 14.1. The van der Waals surface area contributed by atoms with Crippen LogP contribution in [-0.4, -0.2) is 37.0 Å². The molecule has 1 heterocycles. The van der Waals surface area contributed by atoms with E-state index in [0.717, 1.165) is 44.2 Å². The Kier molecular flexibility index (Phi) is 5.05. The molecule has 4 heteroatoms. The van der Waals surface area contributed by atoms with Gasteiger partial charge in [0.25, 0.3) is 0 Å². The first kappa shape index (κ1) is 15.7. The minimum absolute atomic E-state index is 0.0667. The van der Waals surface area contributed by atoms with Crippen molar-refractivity contribution in [2.45, 2.75) is 13.5 Å². The number of carbonyl (C=O) groups excluding carboxylic acids is 1. The third-order valence-electron chi connectivity index (χ3n) is 4.05. The number of para-hydroxylation sites is 1. The Bertz CT molecular complexity index is 661. The fraction of sp³-hybridized carbons (Fsp3) is 0.316. The summed E-state index contributed by atoms with van der Waals surface area (Å²) in [7, 11) is 0. The zero-order valence-corrected chi connectivity index (χ0v) is 13.4. The third kappa shape index (κ3) is 4.18. The van der Waals surface area contributed by atoms with Crippen molar-refractivity contribution in [1.29, 1.82) is 0 Å². The molecule has 0 aromatic heterocycles. The SMILES string of the molecule is CC(=O)c1ccccc1Nc1ccc(CN2CCOCC2)cc1. The summed E-state index contributed by atoms with van der Waals surface area (Å²) in [6, 6.07) is 16.0. The molecular formula is C19H22N2O2. The highest BCUT2D eigenvalue weighted by Gasteiger charge is 2.11. The van der Waals surface area contributed by atoms with Crippen molar-refractivity contribution >= 4 is 17.2 Å². The molecule has 0 radical (unpaired) electrons. The van der Waals surface area contributed by atoms with Crippen LogP contribution in [0.15, 0.2) is 48.5 Å². The Labute approximate surface area is 137 Å². The fourth-order valence-electron chi connectivity index (χ4n) is 2.77. The van der Waals surface area contributed by atoms with Crippen LogP contribution in [0.3, 0.4) is 0 Å². The van der Waals surface area contributed by atoms with Crippen molar-refractivity contribution < 1.29 is 9.53 Å². The van der Waals surface area contributed by atoms with Crippen LogP contribution in [0.5, 0.6) is 0 Å². The molecule has 1 saturated heterocycles. The smallest absolute Gasteiger partial charge is 0.161 e. The van der Waals surface area contributed by atoms with Gasteiger partial charge < -0.3 is 10.1 Å². The van der Waals surface area contributed by atoms with Crippen LogP contribution in [-0.2, 0) is 11.3 Å². The number of hydrogen-bond donors (Lipinski definition) is 1. The van der Waals surface area contributed by atoms with Gasteiger partial charge in [-0.05, 0) is 36.8 Å². The molecule has 2 aromatic carbocycles. The lowest BCUT2D eigenvalue weighted by molar-refractivity contribution is 0.0342. The van der Waals surface area contributed by atoms with E-state index in [9.17, 15) is 4.79 Å². The van der Waals surface area contributed by atoms with Crippen LogP contribution in [0.25, 0.3) is 0 Å². The molecule has 0 bridgehead atoms.